The van der Waals surface area contributed by atoms with E-state index in [1.807, 2.05) is 80.4 Å². The van der Waals surface area contributed by atoms with E-state index in [0.717, 1.165) is 53.6 Å². The number of anilines is 1. The summed E-state index contributed by atoms with van der Waals surface area (Å²) < 4.78 is 5.68. The molecule has 0 radical (unpaired) electrons. The Kier molecular flexibility index (Phi) is 8.70. The minimum atomic E-state index is -0.545. The first-order valence-electron chi connectivity index (χ1n) is 13.6. The summed E-state index contributed by atoms with van der Waals surface area (Å²) in [6.07, 6.45) is 5.94. The molecule has 39 heavy (non-hydrogen) atoms. The normalized spacial score (nSPS) is 17.4. The van der Waals surface area contributed by atoms with E-state index in [1.54, 1.807) is 20.2 Å². The lowest BCUT2D eigenvalue weighted by Gasteiger charge is -2.34. The number of nitrogens with two attached hydrogens (primary N) is 1. The Bertz CT molecular complexity index is 1310. The van der Waals surface area contributed by atoms with Gasteiger partial charge in [-0.25, -0.2) is 0 Å². The molecule has 0 aliphatic heterocycles. The SMILES string of the molecule is COc1cc(-c2ncc(NC(=O)C[C@H]3CC[C@H](N(C)C(C)=O)CC3)cc2-c2ccccc2)ccc1C(C)(C)N. The van der Waals surface area contributed by atoms with Gasteiger partial charge < -0.3 is 20.7 Å². The van der Waals surface area contributed by atoms with E-state index < -0.39 is 5.54 Å². The van der Waals surface area contributed by atoms with Gasteiger partial charge in [-0.3, -0.25) is 14.6 Å². The molecule has 1 aromatic heterocycles. The van der Waals surface area contributed by atoms with Crippen molar-refractivity contribution in [2.45, 2.75) is 64.5 Å². The van der Waals surface area contributed by atoms with Crippen LogP contribution in [-0.2, 0) is 15.1 Å². The summed E-state index contributed by atoms with van der Waals surface area (Å²) in [7, 11) is 3.51. The van der Waals surface area contributed by atoms with Crippen LogP contribution < -0.4 is 15.8 Å². The number of rotatable bonds is 8. The van der Waals surface area contributed by atoms with Crippen molar-refractivity contribution in [1.82, 2.24) is 9.88 Å². The zero-order chi connectivity index (χ0) is 28.2. The zero-order valence-corrected chi connectivity index (χ0v) is 23.7. The molecule has 1 aliphatic rings. The number of amides is 2. The number of ether oxygens (including phenoxy) is 1. The third-order valence-corrected chi connectivity index (χ3v) is 7.76. The van der Waals surface area contributed by atoms with Crippen molar-refractivity contribution in [3.63, 3.8) is 0 Å². The molecular weight excluding hydrogens is 488 g/mol. The molecule has 206 valence electrons. The van der Waals surface area contributed by atoms with E-state index in [1.165, 1.54) is 0 Å². The van der Waals surface area contributed by atoms with Crippen LogP contribution in [0, 0.1) is 5.92 Å². The van der Waals surface area contributed by atoms with Gasteiger partial charge in [0.1, 0.15) is 5.75 Å². The molecule has 3 aromatic rings. The lowest BCUT2D eigenvalue weighted by atomic mass is 9.83. The first kappa shape index (κ1) is 28.3. The summed E-state index contributed by atoms with van der Waals surface area (Å²) in [4.78, 5) is 31.3. The topological polar surface area (TPSA) is 97.5 Å². The molecule has 0 bridgehead atoms. The van der Waals surface area contributed by atoms with E-state index >= 15 is 0 Å². The van der Waals surface area contributed by atoms with Crippen molar-refractivity contribution in [2.75, 3.05) is 19.5 Å². The number of carbonyl (C=O) groups is 2. The highest BCUT2D eigenvalue weighted by atomic mass is 16.5. The maximum atomic E-state index is 13.0. The molecule has 2 amide bonds. The molecule has 0 atom stereocenters. The van der Waals surface area contributed by atoms with Gasteiger partial charge in [-0.15, -0.1) is 0 Å². The van der Waals surface area contributed by atoms with Crippen LogP contribution in [0.2, 0.25) is 0 Å². The van der Waals surface area contributed by atoms with Gasteiger partial charge in [-0.2, -0.15) is 0 Å². The third kappa shape index (κ3) is 6.84. The molecule has 0 spiro atoms. The largest absolute Gasteiger partial charge is 0.496 e. The second-order valence-electron chi connectivity index (χ2n) is 11.2. The van der Waals surface area contributed by atoms with E-state index in [4.69, 9.17) is 15.5 Å². The Balaban J connectivity index is 1.54. The van der Waals surface area contributed by atoms with Gasteiger partial charge in [0, 0.05) is 48.7 Å². The molecule has 1 saturated carbocycles. The van der Waals surface area contributed by atoms with Gasteiger partial charge in [0.2, 0.25) is 11.8 Å². The molecular formula is C32H40N4O3. The summed E-state index contributed by atoms with van der Waals surface area (Å²) in [6.45, 7) is 5.51. The number of aromatic nitrogens is 1. The molecule has 7 nitrogen and oxygen atoms in total. The standard InChI is InChI=1S/C32H40N4O3/c1-21(37)36(4)26-14-11-22(12-15-26)17-30(38)35-25-19-27(23-9-7-6-8-10-23)31(34-20-25)24-13-16-28(32(2,3)33)29(18-24)39-5/h6-10,13,16,18-20,22,26H,11-12,14-15,17,33H2,1-5H3,(H,35,38)/t22-,26-. The summed E-state index contributed by atoms with van der Waals surface area (Å²) in [5, 5.41) is 3.07. The van der Waals surface area contributed by atoms with E-state index in [0.29, 0.717) is 23.8 Å². The van der Waals surface area contributed by atoms with Crippen molar-refractivity contribution < 1.29 is 14.3 Å². The third-order valence-electron chi connectivity index (χ3n) is 7.76. The number of hydrogen-bond acceptors (Lipinski definition) is 5. The van der Waals surface area contributed by atoms with Gasteiger partial charge in [0.15, 0.2) is 0 Å². The average Bonchev–Trinajstić information content (AvgIpc) is 2.92. The highest BCUT2D eigenvalue weighted by Gasteiger charge is 2.27. The highest BCUT2D eigenvalue weighted by molar-refractivity contribution is 5.93. The molecule has 2 aromatic carbocycles. The van der Waals surface area contributed by atoms with Gasteiger partial charge >= 0.3 is 0 Å². The summed E-state index contributed by atoms with van der Waals surface area (Å²) >= 11 is 0. The quantitative estimate of drug-likeness (QED) is 0.375. The smallest absolute Gasteiger partial charge is 0.224 e. The van der Waals surface area contributed by atoms with Crippen molar-refractivity contribution in [3.05, 3.63) is 66.4 Å². The average molecular weight is 529 g/mol. The fourth-order valence-electron chi connectivity index (χ4n) is 5.44. The highest BCUT2D eigenvalue weighted by Crippen LogP contribution is 2.37. The van der Waals surface area contributed by atoms with Crippen molar-refractivity contribution >= 4 is 17.5 Å². The number of nitrogens with zero attached hydrogens (tertiary/aromatic N) is 2. The Hall–Kier alpha value is -3.71. The van der Waals surface area contributed by atoms with Crippen LogP contribution in [0.1, 0.15) is 58.4 Å². The maximum Gasteiger partial charge on any atom is 0.224 e. The van der Waals surface area contributed by atoms with Gasteiger partial charge in [-0.1, -0.05) is 42.5 Å². The van der Waals surface area contributed by atoms with Crippen LogP contribution in [0.15, 0.2) is 60.8 Å². The van der Waals surface area contributed by atoms with Gasteiger partial charge in [0.25, 0.3) is 0 Å². The molecule has 1 aliphatic carbocycles. The molecule has 7 heteroatoms. The minimum Gasteiger partial charge on any atom is -0.496 e. The van der Waals surface area contributed by atoms with E-state index in [2.05, 4.69) is 5.32 Å². The van der Waals surface area contributed by atoms with Crippen LogP contribution in [0.4, 0.5) is 5.69 Å². The van der Waals surface area contributed by atoms with Gasteiger partial charge in [0.05, 0.1) is 24.7 Å². The second-order valence-corrected chi connectivity index (χ2v) is 11.2. The van der Waals surface area contributed by atoms with Crippen molar-refractivity contribution in [2.24, 2.45) is 11.7 Å². The first-order chi connectivity index (χ1) is 18.6. The monoisotopic (exact) mass is 528 g/mol. The van der Waals surface area contributed by atoms with Crippen LogP contribution in [0.5, 0.6) is 5.75 Å². The Morgan fingerprint density at radius 1 is 1.05 bits per heavy atom. The molecule has 1 heterocycles. The fraction of sp³-hybridized carbons (Fsp3) is 0.406. The Labute approximate surface area is 231 Å². The molecule has 0 saturated heterocycles. The first-order valence-corrected chi connectivity index (χ1v) is 13.6. The predicted molar refractivity (Wildman–Crippen MR) is 156 cm³/mol. The number of pyridine rings is 1. The minimum absolute atomic E-state index is 0.0110. The number of methoxy groups -OCH3 is 1. The lowest BCUT2D eigenvalue weighted by Crippen LogP contribution is -2.38. The van der Waals surface area contributed by atoms with Crippen molar-refractivity contribution in [1.29, 1.82) is 0 Å². The lowest BCUT2D eigenvalue weighted by molar-refractivity contribution is -0.130. The summed E-state index contributed by atoms with van der Waals surface area (Å²) in [6, 6.07) is 18.3. The van der Waals surface area contributed by atoms with Crippen LogP contribution in [0.3, 0.4) is 0 Å². The Morgan fingerprint density at radius 2 is 1.74 bits per heavy atom. The van der Waals surface area contributed by atoms with Crippen LogP contribution in [-0.4, -0.2) is 41.9 Å². The van der Waals surface area contributed by atoms with E-state index in [9.17, 15) is 9.59 Å². The van der Waals surface area contributed by atoms with Crippen molar-refractivity contribution in [3.8, 4) is 28.1 Å². The van der Waals surface area contributed by atoms with Crippen LogP contribution in [0.25, 0.3) is 22.4 Å². The number of carbonyl (C=O) groups excluding carboxylic acids is 2. The Morgan fingerprint density at radius 3 is 2.36 bits per heavy atom. The molecule has 0 unspecified atom stereocenters. The molecule has 1 fully saturated rings. The van der Waals surface area contributed by atoms with E-state index in [-0.39, 0.29) is 17.9 Å². The number of nitrogens with one attached hydrogen (secondary N) is 1. The number of hydrogen-bond donors (Lipinski definition) is 2. The fourth-order valence-corrected chi connectivity index (χ4v) is 5.44. The molecule has 3 N–H and O–H groups in total. The maximum absolute atomic E-state index is 13.0. The number of benzene rings is 2. The molecule has 4 rings (SSSR count). The predicted octanol–water partition coefficient (Wildman–Crippen LogP) is 5.98. The summed E-state index contributed by atoms with van der Waals surface area (Å²) in [5.41, 5.74) is 11.0. The zero-order valence-electron chi connectivity index (χ0n) is 23.7. The van der Waals surface area contributed by atoms with Gasteiger partial charge in [-0.05, 0) is 63.1 Å². The second kappa shape index (κ2) is 12.0. The summed E-state index contributed by atoms with van der Waals surface area (Å²) in [5.74, 6) is 1.12. The van der Waals surface area contributed by atoms with Crippen LogP contribution >= 0.6 is 0 Å².